The maximum absolute atomic E-state index is 13.3. The van der Waals surface area contributed by atoms with Crippen LogP contribution in [0, 0.1) is 11.8 Å². The van der Waals surface area contributed by atoms with Gasteiger partial charge in [-0.2, -0.15) is 0 Å². The molecule has 0 bridgehead atoms. The Hall–Kier alpha value is -1.43. The van der Waals surface area contributed by atoms with Gasteiger partial charge in [0.25, 0.3) is 0 Å². The first-order valence-electron chi connectivity index (χ1n) is 11.1. The lowest BCUT2D eigenvalue weighted by molar-refractivity contribution is -0.134. The van der Waals surface area contributed by atoms with Crippen molar-refractivity contribution in [1.82, 2.24) is 20.7 Å². The molecule has 28 heavy (non-hydrogen) atoms. The molecular weight excluding hydrogens is 348 g/mol. The van der Waals surface area contributed by atoms with Gasteiger partial charge in [-0.1, -0.05) is 30.3 Å². The fourth-order valence-corrected chi connectivity index (χ4v) is 5.80. The van der Waals surface area contributed by atoms with Gasteiger partial charge >= 0.3 is 0 Å². The molecule has 0 spiro atoms. The van der Waals surface area contributed by atoms with Gasteiger partial charge < -0.3 is 4.90 Å². The third kappa shape index (κ3) is 3.85. The monoisotopic (exact) mass is 384 g/mol. The van der Waals surface area contributed by atoms with E-state index >= 15 is 0 Å². The first-order valence-corrected chi connectivity index (χ1v) is 11.1. The third-order valence-corrected chi connectivity index (χ3v) is 7.42. The Morgan fingerprint density at radius 1 is 1.18 bits per heavy atom. The minimum absolute atomic E-state index is 0.158. The molecule has 1 amide bonds. The highest BCUT2D eigenvalue weighted by molar-refractivity contribution is 5.80. The van der Waals surface area contributed by atoms with Crippen LogP contribution in [0.15, 0.2) is 30.3 Å². The van der Waals surface area contributed by atoms with Crippen molar-refractivity contribution in [3.8, 4) is 0 Å². The van der Waals surface area contributed by atoms with Gasteiger partial charge in [0.15, 0.2) is 0 Å². The van der Waals surface area contributed by atoms with Gasteiger partial charge in [-0.05, 0) is 64.0 Å². The van der Waals surface area contributed by atoms with E-state index in [1.54, 1.807) is 0 Å². The maximum Gasteiger partial charge on any atom is 0.227 e. The van der Waals surface area contributed by atoms with Gasteiger partial charge in [0.2, 0.25) is 5.91 Å². The molecule has 5 atom stereocenters. The molecule has 0 radical (unpaired) electrons. The summed E-state index contributed by atoms with van der Waals surface area (Å²) in [6.07, 6.45) is 5.60. The molecule has 1 aromatic rings. The summed E-state index contributed by atoms with van der Waals surface area (Å²) in [5, 5.41) is 0. The molecule has 1 aromatic carbocycles. The van der Waals surface area contributed by atoms with E-state index in [2.05, 4.69) is 59.9 Å². The number of nitrogens with zero attached hydrogens (tertiary/aromatic N) is 2. The molecule has 3 aliphatic heterocycles. The van der Waals surface area contributed by atoms with E-state index in [-0.39, 0.29) is 5.92 Å². The number of carbonyl (C=O) groups is 1. The largest absolute Gasteiger partial charge is 0.345 e. The molecule has 3 heterocycles. The fourth-order valence-electron chi connectivity index (χ4n) is 5.80. The minimum atomic E-state index is 0.158. The van der Waals surface area contributed by atoms with E-state index in [0.717, 1.165) is 32.4 Å². The zero-order valence-electron chi connectivity index (χ0n) is 17.6. The van der Waals surface area contributed by atoms with Crippen LogP contribution in [0.25, 0.3) is 0 Å². The number of hydrogen-bond acceptors (Lipinski definition) is 4. The Labute approximate surface area is 169 Å². The zero-order chi connectivity index (χ0) is 19.7. The zero-order valence-corrected chi connectivity index (χ0v) is 17.6. The van der Waals surface area contributed by atoms with E-state index in [0.29, 0.717) is 36.0 Å². The van der Waals surface area contributed by atoms with E-state index in [1.807, 2.05) is 11.9 Å². The maximum atomic E-state index is 13.3. The van der Waals surface area contributed by atoms with Gasteiger partial charge in [0, 0.05) is 37.8 Å². The molecular formula is C23H36N4O. The molecule has 5 heteroatoms. The second kappa shape index (κ2) is 8.52. The Morgan fingerprint density at radius 2 is 1.89 bits per heavy atom. The number of amides is 1. The van der Waals surface area contributed by atoms with Crippen LogP contribution in [0.2, 0.25) is 0 Å². The lowest BCUT2D eigenvalue weighted by Crippen LogP contribution is -2.39. The van der Waals surface area contributed by atoms with E-state index < -0.39 is 0 Å². The Morgan fingerprint density at radius 3 is 2.61 bits per heavy atom. The van der Waals surface area contributed by atoms with Gasteiger partial charge in [0.05, 0.1) is 5.92 Å². The summed E-state index contributed by atoms with van der Waals surface area (Å²) in [6, 6.07) is 12.6. The van der Waals surface area contributed by atoms with Crippen LogP contribution in [0.1, 0.15) is 57.6 Å². The number of hydrogen-bond donors (Lipinski definition) is 2. The standard InChI is InChI=1S/C23H36N4O/c1-16-19(17(2)25-24-16)11-7-13-26(3)23(28)20-15-22(18-9-5-4-6-10-18)27-14-8-12-21(20)27/h4-6,9-10,16-17,19-22,24-25H,7-8,11-15H2,1-3H3/t16?,17?,19?,20-,21+,22-/m1/s1. The van der Waals surface area contributed by atoms with Crippen LogP contribution in [0.3, 0.4) is 0 Å². The first kappa shape index (κ1) is 19.9. The number of fused-ring (bicyclic) bond motifs is 1. The van der Waals surface area contributed by atoms with Crippen molar-refractivity contribution in [2.24, 2.45) is 11.8 Å². The quantitative estimate of drug-likeness (QED) is 0.792. The van der Waals surface area contributed by atoms with Crippen LogP contribution in [0.5, 0.6) is 0 Å². The first-order chi connectivity index (χ1) is 13.6. The van der Waals surface area contributed by atoms with Crippen LogP contribution < -0.4 is 10.9 Å². The van der Waals surface area contributed by atoms with Crippen LogP contribution in [0.4, 0.5) is 0 Å². The molecule has 4 rings (SSSR count). The Balaban J connectivity index is 1.34. The summed E-state index contributed by atoms with van der Waals surface area (Å²) in [4.78, 5) is 17.9. The predicted octanol–water partition coefficient (Wildman–Crippen LogP) is 2.95. The van der Waals surface area contributed by atoms with Crippen molar-refractivity contribution in [2.45, 2.75) is 70.1 Å². The molecule has 3 saturated heterocycles. The molecule has 154 valence electrons. The number of carbonyl (C=O) groups excluding carboxylic acids is 1. The van der Waals surface area contributed by atoms with Crippen LogP contribution in [-0.4, -0.2) is 54.0 Å². The SMILES string of the molecule is CC1NNC(C)C1CCCN(C)C(=O)[C@@H]1C[C@H](c2ccccc2)N2CCC[C@@H]12. The Bertz CT molecular complexity index is 656. The normalized spacial score (nSPS) is 35.2. The van der Waals surface area contributed by atoms with Crippen molar-refractivity contribution in [3.63, 3.8) is 0 Å². The van der Waals surface area contributed by atoms with E-state index in [9.17, 15) is 4.79 Å². The summed E-state index contributed by atoms with van der Waals surface area (Å²) < 4.78 is 0. The second-order valence-electron chi connectivity index (χ2n) is 9.15. The minimum Gasteiger partial charge on any atom is -0.345 e. The molecule has 0 aliphatic carbocycles. The number of hydrazine groups is 1. The van der Waals surface area contributed by atoms with Crippen molar-refractivity contribution >= 4 is 5.91 Å². The smallest absolute Gasteiger partial charge is 0.227 e. The highest BCUT2D eigenvalue weighted by Crippen LogP contribution is 2.45. The van der Waals surface area contributed by atoms with Gasteiger partial charge in [0.1, 0.15) is 0 Å². The molecule has 3 aliphatic rings. The molecule has 5 nitrogen and oxygen atoms in total. The summed E-state index contributed by atoms with van der Waals surface area (Å²) in [5.74, 6) is 1.16. The number of benzene rings is 1. The highest BCUT2D eigenvalue weighted by Gasteiger charge is 2.47. The lowest BCUT2D eigenvalue weighted by Gasteiger charge is -2.26. The predicted molar refractivity (Wildman–Crippen MR) is 113 cm³/mol. The summed E-state index contributed by atoms with van der Waals surface area (Å²) >= 11 is 0. The van der Waals surface area contributed by atoms with Crippen molar-refractivity contribution < 1.29 is 4.79 Å². The topological polar surface area (TPSA) is 47.6 Å². The third-order valence-electron chi connectivity index (χ3n) is 7.42. The van der Waals surface area contributed by atoms with E-state index in [1.165, 1.54) is 18.4 Å². The highest BCUT2D eigenvalue weighted by atomic mass is 16.2. The van der Waals surface area contributed by atoms with Crippen molar-refractivity contribution in [3.05, 3.63) is 35.9 Å². The summed E-state index contributed by atoms with van der Waals surface area (Å²) in [7, 11) is 2.01. The molecule has 3 fully saturated rings. The molecule has 0 saturated carbocycles. The average Bonchev–Trinajstić information content (AvgIpc) is 3.39. The van der Waals surface area contributed by atoms with Crippen LogP contribution >= 0.6 is 0 Å². The van der Waals surface area contributed by atoms with Gasteiger partial charge in [-0.25, -0.2) is 0 Å². The van der Waals surface area contributed by atoms with E-state index in [4.69, 9.17) is 0 Å². The van der Waals surface area contributed by atoms with Crippen molar-refractivity contribution in [1.29, 1.82) is 0 Å². The molecule has 0 aromatic heterocycles. The molecule has 2 unspecified atom stereocenters. The van der Waals surface area contributed by atoms with Crippen LogP contribution in [-0.2, 0) is 4.79 Å². The number of rotatable bonds is 6. The second-order valence-corrected chi connectivity index (χ2v) is 9.15. The number of nitrogens with one attached hydrogen (secondary N) is 2. The lowest BCUT2D eigenvalue weighted by atomic mass is 9.91. The van der Waals surface area contributed by atoms with Gasteiger partial charge in [-0.15, -0.1) is 0 Å². The average molecular weight is 385 g/mol. The van der Waals surface area contributed by atoms with Crippen molar-refractivity contribution in [2.75, 3.05) is 20.1 Å². The summed E-state index contributed by atoms with van der Waals surface area (Å²) in [6.45, 7) is 6.49. The van der Waals surface area contributed by atoms with Gasteiger partial charge in [-0.3, -0.25) is 20.5 Å². The Kier molecular flexibility index (Phi) is 6.04. The molecule has 2 N–H and O–H groups in total. The summed E-state index contributed by atoms with van der Waals surface area (Å²) in [5.41, 5.74) is 8.04. The fraction of sp³-hybridized carbons (Fsp3) is 0.696.